The quantitative estimate of drug-likeness (QED) is 0.924. The van der Waals surface area contributed by atoms with Crippen molar-refractivity contribution in [3.63, 3.8) is 0 Å². The van der Waals surface area contributed by atoms with E-state index >= 15 is 0 Å². The van der Waals surface area contributed by atoms with Crippen LogP contribution >= 0.6 is 11.6 Å². The van der Waals surface area contributed by atoms with Crippen molar-refractivity contribution in [2.45, 2.75) is 37.6 Å². The van der Waals surface area contributed by atoms with Crippen LogP contribution in [0.25, 0.3) is 0 Å². The summed E-state index contributed by atoms with van der Waals surface area (Å²) in [5, 5.41) is 8.87. The second-order valence-electron chi connectivity index (χ2n) is 5.54. The number of rotatable bonds is 3. The number of hydrogen-bond donors (Lipinski definition) is 1. The number of halogens is 1. The Bertz CT molecular complexity index is 659. The molecule has 0 aliphatic carbocycles. The smallest absolute Gasteiger partial charge is 0.337 e. The molecule has 0 bridgehead atoms. The van der Waals surface area contributed by atoms with Crippen LogP contribution in [0.2, 0.25) is 5.02 Å². The SMILES string of the molecule is CC1CCN(S(=O)(=O)c2ccc(C(=O)O)c(Cl)c2)C(C)C1. The van der Waals surface area contributed by atoms with Gasteiger partial charge in [0.2, 0.25) is 10.0 Å². The highest BCUT2D eigenvalue weighted by atomic mass is 35.5. The van der Waals surface area contributed by atoms with E-state index in [2.05, 4.69) is 6.92 Å². The number of benzene rings is 1. The Balaban J connectivity index is 2.36. The maximum atomic E-state index is 12.7. The lowest BCUT2D eigenvalue weighted by molar-refractivity contribution is 0.0697. The molecular formula is C14H18ClNO4S. The third-order valence-electron chi connectivity index (χ3n) is 3.85. The van der Waals surface area contributed by atoms with E-state index < -0.39 is 16.0 Å². The monoisotopic (exact) mass is 331 g/mol. The van der Waals surface area contributed by atoms with E-state index in [9.17, 15) is 13.2 Å². The summed E-state index contributed by atoms with van der Waals surface area (Å²) in [7, 11) is -3.64. The van der Waals surface area contributed by atoms with Gasteiger partial charge >= 0.3 is 5.97 Å². The normalized spacial score (nSPS) is 24.0. The van der Waals surface area contributed by atoms with Gasteiger partial charge in [0, 0.05) is 12.6 Å². The highest BCUT2D eigenvalue weighted by Gasteiger charge is 2.33. The summed E-state index contributed by atoms with van der Waals surface area (Å²) < 4.78 is 26.8. The van der Waals surface area contributed by atoms with Crippen molar-refractivity contribution in [1.82, 2.24) is 4.31 Å². The number of aromatic carboxylic acids is 1. The molecule has 0 saturated carbocycles. The number of carboxylic acid groups (broad SMARTS) is 1. The van der Waals surface area contributed by atoms with Gasteiger partial charge in [0.1, 0.15) is 0 Å². The number of sulfonamides is 1. The number of carboxylic acids is 1. The molecule has 2 unspecified atom stereocenters. The molecule has 2 rings (SSSR count). The van der Waals surface area contributed by atoms with E-state index in [-0.39, 0.29) is 21.5 Å². The van der Waals surface area contributed by atoms with Crippen LogP contribution < -0.4 is 0 Å². The van der Waals surface area contributed by atoms with Gasteiger partial charge in [0.15, 0.2) is 0 Å². The minimum atomic E-state index is -3.64. The Morgan fingerprint density at radius 3 is 2.57 bits per heavy atom. The maximum absolute atomic E-state index is 12.7. The van der Waals surface area contributed by atoms with Gasteiger partial charge in [-0.15, -0.1) is 0 Å². The van der Waals surface area contributed by atoms with E-state index in [0.29, 0.717) is 12.5 Å². The molecule has 1 saturated heterocycles. The molecule has 1 aliphatic heterocycles. The zero-order valence-corrected chi connectivity index (χ0v) is 13.5. The van der Waals surface area contributed by atoms with Gasteiger partial charge in [-0.2, -0.15) is 4.31 Å². The van der Waals surface area contributed by atoms with Gasteiger partial charge in [-0.05, 0) is 43.9 Å². The van der Waals surface area contributed by atoms with Crippen molar-refractivity contribution < 1.29 is 18.3 Å². The first-order valence-electron chi connectivity index (χ1n) is 6.78. The Labute approximate surface area is 129 Å². The minimum absolute atomic E-state index is 0.0407. The van der Waals surface area contributed by atoms with Crippen LogP contribution in [-0.2, 0) is 10.0 Å². The Hall–Kier alpha value is -1.11. The van der Waals surface area contributed by atoms with Crippen molar-refractivity contribution >= 4 is 27.6 Å². The molecule has 7 heteroatoms. The first kappa shape index (κ1) is 16.3. The molecule has 0 aromatic heterocycles. The lowest BCUT2D eigenvalue weighted by Gasteiger charge is -2.35. The summed E-state index contributed by atoms with van der Waals surface area (Å²) in [5.41, 5.74) is -0.101. The Morgan fingerprint density at radius 2 is 2.05 bits per heavy atom. The summed E-state index contributed by atoms with van der Waals surface area (Å²) in [6, 6.07) is 3.67. The van der Waals surface area contributed by atoms with Crippen LogP contribution in [-0.4, -0.2) is 36.4 Å². The van der Waals surface area contributed by atoms with Gasteiger partial charge < -0.3 is 5.11 Å². The van der Waals surface area contributed by atoms with Crippen LogP contribution in [0.5, 0.6) is 0 Å². The molecule has 1 aromatic carbocycles. The number of hydrogen-bond acceptors (Lipinski definition) is 3. The topological polar surface area (TPSA) is 74.7 Å². The van der Waals surface area contributed by atoms with E-state index in [4.69, 9.17) is 16.7 Å². The number of piperidine rings is 1. The zero-order valence-electron chi connectivity index (χ0n) is 11.9. The summed E-state index contributed by atoms with van der Waals surface area (Å²) in [6.07, 6.45) is 1.64. The van der Waals surface area contributed by atoms with Crippen LogP contribution in [0.1, 0.15) is 37.0 Å². The molecule has 5 nitrogen and oxygen atoms in total. The van der Waals surface area contributed by atoms with Gasteiger partial charge in [-0.3, -0.25) is 0 Å². The van der Waals surface area contributed by atoms with E-state index in [1.165, 1.54) is 22.5 Å². The summed E-state index contributed by atoms with van der Waals surface area (Å²) in [6.45, 7) is 4.47. The van der Waals surface area contributed by atoms with Crippen molar-refractivity contribution in [3.05, 3.63) is 28.8 Å². The molecular weight excluding hydrogens is 314 g/mol. The van der Waals surface area contributed by atoms with Crippen molar-refractivity contribution in [2.75, 3.05) is 6.54 Å². The lowest BCUT2D eigenvalue weighted by Crippen LogP contribution is -2.44. The van der Waals surface area contributed by atoms with Crippen LogP contribution in [0.4, 0.5) is 0 Å². The third kappa shape index (κ3) is 3.22. The molecule has 1 heterocycles. The summed E-state index contributed by atoms with van der Waals surface area (Å²) >= 11 is 5.87. The van der Waals surface area contributed by atoms with Gasteiger partial charge in [0.05, 0.1) is 15.5 Å². The van der Waals surface area contributed by atoms with Gasteiger partial charge in [0.25, 0.3) is 0 Å². The fraction of sp³-hybridized carbons (Fsp3) is 0.500. The molecule has 2 atom stereocenters. The molecule has 1 fully saturated rings. The predicted octanol–water partition coefficient (Wildman–Crippen LogP) is 2.85. The Kier molecular flexibility index (Phi) is 4.60. The first-order chi connectivity index (χ1) is 9.73. The second-order valence-corrected chi connectivity index (χ2v) is 7.84. The first-order valence-corrected chi connectivity index (χ1v) is 8.60. The van der Waals surface area contributed by atoms with Crippen LogP contribution in [0.3, 0.4) is 0 Å². The van der Waals surface area contributed by atoms with E-state index in [0.717, 1.165) is 12.8 Å². The number of carbonyl (C=O) groups is 1. The third-order valence-corrected chi connectivity index (χ3v) is 6.18. The minimum Gasteiger partial charge on any atom is -0.478 e. The molecule has 1 aliphatic rings. The number of nitrogens with zero attached hydrogens (tertiary/aromatic N) is 1. The van der Waals surface area contributed by atoms with Crippen LogP contribution in [0.15, 0.2) is 23.1 Å². The molecule has 116 valence electrons. The van der Waals surface area contributed by atoms with E-state index in [1.807, 2.05) is 6.92 Å². The zero-order chi connectivity index (χ0) is 15.8. The molecule has 0 spiro atoms. The molecule has 0 amide bonds. The summed E-state index contributed by atoms with van der Waals surface area (Å²) in [5.74, 6) is -0.673. The fourth-order valence-corrected chi connectivity index (χ4v) is 4.72. The molecule has 0 radical (unpaired) electrons. The molecule has 1 N–H and O–H groups in total. The van der Waals surface area contributed by atoms with Crippen molar-refractivity contribution in [2.24, 2.45) is 5.92 Å². The van der Waals surface area contributed by atoms with Crippen LogP contribution in [0, 0.1) is 5.92 Å². The average Bonchev–Trinajstić information content (AvgIpc) is 2.37. The lowest BCUT2D eigenvalue weighted by atomic mass is 9.95. The van der Waals surface area contributed by atoms with Crippen molar-refractivity contribution in [3.8, 4) is 0 Å². The molecule has 1 aromatic rings. The largest absolute Gasteiger partial charge is 0.478 e. The maximum Gasteiger partial charge on any atom is 0.337 e. The predicted molar refractivity (Wildman–Crippen MR) is 80.2 cm³/mol. The molecule has 21 heavy (non-hydrogen) atoms. The van der Waals surface area contributed by atoms with E-state index in [1.54, 1.807) is 0 Å². The standard InChI is InChI=1S/C14H18ClNO4S/c1-9-5-6-16(10(2)7-9)21(19,20)11-3-4-12(14(17)18)13(15)8-11/h3-4,8-10H,5-7H2,1-2H3,(H,17,18). The van der Waals surface area contributed by atoms with Gasteiger partial charge in [-0.25, -0.2) is 13.2 Å². The fourth-order valence-electron chi connectivity index (χ4n) is 2.71. The van der Waals surface area contributed by atoms with Crippen molar-refractivity contribution in [1.29, 1.82) is 0 Å². The Morgan fingerprint density at radius 1 is 1.38 bits per heavy atom. The highest BCUT2D eigenvalue weighted by Crippen LogP contribution is 2.29. The second kappa shape index (κ2) is 5.94. The average molecular weight is 332 g/mol. The summed E-state index contributed by atoms with van der Waals surface area (Å²) in [4.78, 5) is 11.0. The van der Waals surface area contributed by atoms with Gasteiger partial charge in [-0.1, -0.05) is 18.5 Å². The highest BCUT2D eigenvalue weighted by molar-refractivity contribution is 7.89.